The van der Waals surface area contributed by atoms with E-state index in [2.05, 4.69) is 4.90 Å². The summed E-state index contributed by atoms with van der Waals surface area (Å²) in [7, 11) is 1.67. The second kappa shape index (κ2) is 8.15. The number of rotatable bonds is 7. The fourth-order valence-corrected chi connectivity index (χ4v) is 3.92. The van der Waals surface area contributed by atoms with Crippen LogP contribution in [0.5, 0.6) is 5.75 Å². The van der Waals surface area contributed by atoms with E-state index >= 15 is 0 Å². The van der Waals surface area contributed by atoms with Gasteiger partial charge in [0.15, 0.2) is 0 Å². The minimum atomic E-state index is -0.261. The molecule has 2 fully saturated rings. The molecule has 6 heteroatoms. The molecule has 2 heterocycles. The summed E-state index contributed by atoms with van der Waals surface area (Å²) in [6.07, 6.45) is 2.96. The van der Waals surface area contributed by atoms with Gasteiger partial charge < -0.3 is 14.4 Å². The predicted molar refractivity (Wildman–Crippen MR) is 93.1 cm³/mol. The molecular weight excluding hydrogens is 323 g/mol. The van der Waals surface area contributed by atoms with Crippen molar-refractivity contribution in [2.24, 2.45) is 5.41 Å². The van der Waals surface area contributed by atoms with Crippen LogP contribution >= 0.6 is 0 Å². The molecule has 2 aliphatic heterocycles. The number of methoxy groups -OCH3 is 1. The Morgan fingerprint density at radius 1 is 1.12 bits per heavy atom. The fraction of sp³-hybridized carbons (Fsp3) is 0.632. The highest BCUT2D eigenvalue weighted by Gasteiger charge is 2.47. The maximum Gasteiger partial charge on any atom is 0.230 e. The van der Waals surface area contributed by atoms with Crippen molar-refractivity contribution in [1.82, 2.24) is 9.80 Å². The highest BCUT2D eigenvalue weighted by atomic mass is 19.1. The second-order valence-electron chi connectivity index (χ2n) is 7.00. The number of likely N-dealkylation sites (tertiary alicyclic amines) is 2. The standard InChI is InChI=1S/C19H27FN2O3/c1-24-13-12-22-9-2-7-19(18(22)23)8-10-21(15-19)11-14-25-17-5-3-16(20)4-6-17/h3-6H,2,7-15H2,1H3/t19-/m0/s1. The van der Waals surface area contributed by atoms with Crippen LogP contribution in [0.3, 0.4) is 0 Å². The lowest BCUT2D eigenvalue weighted by molar-refractivity contribution is -0.146. The molecule has 138 valence electrons. The molecule has 0 aliphatic carbocycles. The number of hydrogen-bond donors (Lipinski definition) is 0. The smallest absolute Gasteiger partial charge is 0.230 e. The van der Waals surface area contributed by atoms with Gasteiger partial charge in [0.05, 0.1) is 12.0 Å². The number of halogens is 1. The average molecular weight is 350 g/mol. The predicted octanol–water partition coefficient (Wildman–Crippen LogP) is 2.17. The van der Waals surface area contributed by atoms with Crippen molar-refractivity contribution in [3.05, 3.63) is 30.1 Å². The average Bonchev–Trinajstić information content (AvgIpc) is 3.02. The molecule has 1 spiro atoms. The minimum absolute atomic E-state index is 0.220. The Balaban J connectivity index is 1.48. The van der Waals surface area contributed by atoms with E-state index in [1.54, 1.807) is 19.2 Å². The van der Waals surface area contributed by atoms with E-state index in [1.165, 1.54) is 12.1 Å². The molecule has 0 radical (unpaired) electrons. The van der Waals surface area contributed by atoms with Crippen LogP contribution in [-0.2, 0) is 9.53 Å². The van der Waals surface area contributed by atoms with Gasteiger partial charge in [-0.2, -0.15) is 0 Å². The van der Waals surface area contributed by atoms with Gasteiger partial charge in [-0.1, -0.05) is 0 Å². The van der Waals surface area contributed by atoms with Gasteiger partial charge in [-0.3, -0.25) is 9.69 Å². The number of benzene rings is 1. The lowest BCUT2D eigenvalue weighted by Gasteiger charge is -2.39. The molecule has 1 atom stereocenters. The summed E-state index contributed by atoms with van der Waals surface area (Å²) in [5.41, 5.74) is -0.220. The largest absolute Gasteiger partial charge is 0.492 e. The Morgan fingerprint density at radius 2 is 1.92 bits per heavy atom. The van der Waals surface area contributed by atoms with Gasteiger partial charge in [0.1, 0.15) is 18.2 Å². The highest BCUT2D eigenvalue weighted by molar-refractivity contribution is 5.84. The first-order chi connectivity index (χ1) is 12.1. The summed E-state index contributed by atoms with van der Waals surface area (Å²) < 4.78 is 23.7. The number of amides is 1. The van der Waals surface area contributed by atoms with Crippen LogP contribution < -0.4 is 4.74 Å². The molecule has 0 aromatic heterocycles. The molecule has 1 aromatic rings. The van der Waals surface area contributed by atoms with Crippen LogP contribution in [-0.4, -0.2) is 68.8 Å². The SMILES string of the molecule is COCCN1CCC[C@@]2(CCN(CCOc3ccc(F)cc3)C2)C1=O. The zero-order valence-electron chi connectivity index (χ0n) is 14.9. The number of nitrogens with zero attached hydrogens (tertiary/aromatic N) is 2. The van der Waals surface area contributed by atoms with E-state index in [0.29, 0.717) is 25.5 Å². The van der Waals surface area contributed by atoms with Crippen molar-refractivity contribution in [2.45, 2.75) is 19.3 Å². The Morgan fingerprint density at radius 3 is 2.68 bits per heavy atom. The van der Waals surface area contributed by atoms with Crippen LogP contribution in [0.25, 0.3) is 0 Å². The minimum Gasteiger partial charge on any atom is -0.492 e. The van der Waals surface area contributed by atoms with Gasteiger partial charge in [-0.25, -0.2) is 4.39 Å². The molecule has 1 aromatic carbocycles. The maximum absolute atomic E-state index is 12.9. The quantitative estimate of drug-likeness (QED) is 0.756. The van der Waals surface area contributed by atoms with Crippen molar-refractivity contribution in [2.75, 3.05) is 53.0 Å². The van der Waals surface area contributed by atoms with Crippen LogP contribution in [0.2, 0.25) is 0 Å². The zero-order valence-corrected chi connectivity index (χ0v) is 14.9. The lowest BCUT2D eigenvalue weighted by Crippen LogP contribution is -2.51. The van der Waals surface area contributed by atoms with Gasteiger partial charge >= 0.3 is 0 Å². The van der Waals surface area contributed by atoms with Crippen LogP contribution in [0, 0.1) is 11.2 Å². The van der Waals surface area contributed by atoms with E-state index in [-0.39, 0.29) is 17.1 Å². The fourth-order valence-electron chi connectivity index (χ4n) is 3.92. The molecular formula is C19H27FN2O3. The van der Waals surface area contributed by atoms with Crippen LogP contribution in [0.4, 0.5) is 4.39 Å². The third kappa shape index (κ3) is 4.30. The normalized spacial score (nSPS) is 24.2. The van der Waals surface area contributed by atoms with E-state index in [4.69, 9.17) is 9.47 Å². The topological polar surface area (TPSA) is 42.0 Å². The first-order valence-corrected chi connectivity index (χ1v) is 9.02. The number of carbonyl (C=O) groups is 1. The van der Waals surface area contributed by atoms with Crippen molar-refractivity contribution in [1.29, 1.82) is 0 Å². The maximum atomic E-state index is 12.9. The summed E-state index contributed by atoms with van der Waals surface area (Å²) in [4.78, 5) is 17.2. The van der Waals surface area contributed by atoms with Crippen molar-refractivity contribution in [3.63, 3.8) is 0 Å². The monoisotopic (exact) mass is 350 g/mol. The Bertz CT molecular complexity index is 581. The molecule has 2 saturated heterocycles. The molecule has 0 bridgehead atoms. The van der Waals surface area contributed by atoms with E-state index < -0.39 is 0 Å². The first-order valence-electron chi connectivity index (χ1n) is 9.02. The van der Waals surface area contributed by atoms with Gasteiger partial charge in [0, 0.05) is 33.3 Å². The van der Waals surface area contributed by atoms with Crippen molar-refractivity contribution < 1.29 is 18.7 Å². The summed E-state index contributed by atoms with van der Waals surface area (Å²) in [6, 6.07) is 6.07. The molecule has 3 rings (SSSR count). The molecule has 25 heavy (non-hydrogen) atoms. The van der Waals surface area contributed by atoms with E-state index in [1.807, 2.05) is 4.90 Å². The third-order valence-electron chi connectivity index (χ3n) is 5.31. The second-order valence-corrected chi connectivity index (χ2v) is 7.00. The van der Waals surface area contributed by atoms with Gasteiger partial charge in [0.25, 0.3) is 0 Å². The zero-order chi connectivity index (χ0) is 17.7. The van der Waals surface area contributed by atoms with Crippen molar-refractivity contribution >= 4 is 5.91 Å². The van der Waals surface area contributed by atoms with E-state index in [0.717, 1.165) is 45.4 Å². The number of carbonyl (C=O) groups excluding carboxylic acids is 1. The molecule has 1 amide bonds. The van der Waals surface area contributed by atoms with Gasteiger partial charge in [-0.05, 0) is 50.1 Å². The number of ether oxygens (including phenoxy) is 2. The third-order valence-corrected chi connectivity index (χ3v) is 5.31. The summed E-state index contributed by atoms with van der Waals surface area (Å²) in [5, 5.41) is 0. The van der Waals surface area contributed by atoms with Crippen molar-refractivity contribution in [3.8, 4) is 5.75 Å². The Hall–Kier alpha value is -1.66. The Kier molecular flexibility index (Phi) is 5.91. The molecule has 0 N–H and O–H groups in total. The summed E-state index contributed by atoms with van der Waals surface area (Å²) in [5.74, 6) is 0.704. The van der Waals surface area contributed by atoms with Gasteiger partial charge in [-0.15, -0.1) is 0 Å². The number of hydrogen-bond acceptors (Lipinski definition) is 4. The van der Waals surface area contributed by atoms with E-state index in [9.17, 15) is 9.18 Å². The summed E-state index contributed by atoms with van der Waals surface area (Å²) >= 11 is 0. The van der Waals surface area contributed by atoms with Crippen LogP contribution in [0.15, 0.2) is 24.3 Å². The molecule has 2 aliphatic rings. The first kappa shape index (κ1) is 18.1. The molecule has 0 saturated carbocycles. The molecule has 5 nitrogen and oxygen atoms in total. The van der Waals surface area contributed by atoms with Crippen LogP contribution in [0.1, 0.15) is 19.3 Å². The number of piperidine rings is 1. The Labute approximate surface area is 148 Å². The molecule has 0 unspecified atom stereocenters. The summed E-state index contributed by atoms with van der Waals surface area (Å²) in [6.45, 7) is 5.19. The van der Waals surface area contributed by atoms with Gasteiger partial charge in [0.2, 0.25) is 5.91 Å². The lowest BCUT2D eigenvalue weighted by atomic mass is 9.78. The highest BCUT2D eigenvalue weighted by Crippen LogP contribution is 2.39.